The number of halogens is 1. The normalized spacial score (nSPS) is 18.7. The van der Waals surface area contributed by atoms with Gasteiger partial charge in [-0.05, 0) is 47.8 Å². The maximum absolute atomic E-state index is 4.35. The molecular weight excluding hydrogens is 244 g/mol. The summed E-state index contributed by atoms with van der Waals surface area (Å²) < 4.78 is 2.57. The van der Waals surface area contributed by atoms with Gasteiger partial charge in [-0.3, -0.25) is 4.68 Å². The number of hydrogen-bond acceptors (Lipinski definition) is 3. The maximum atomic E-state index is 4.35. The first-order valence-electron chi connectivity index (χ1n) is 5.02. The lowest BCUT2D eigenvalue weighted by molar-refractivity contribution is 0.363. The molecule has 1 aromatic rings. The molecule has 1 fully saturated rings. The largest absolute Gasteiger partial charge is 0.317 e. The number of aromatic nitrogens is 3. The minimum Gasteiger partial charge on any atom is -0.317 e. The van der Waals surface area contributed by atoms with Crippen LogP contribution in [0, 0.1) is 5.92 Å². The zero-order chi connectivity index (χ0) is 9.97. The molecule has 2 rings (SSSR count). The van der Waals surface area contributed by atoms with E-state index in [2.05, 4.69) is 31.3 Å². The number of rotatable bonds is 2. The average Bonchev–Trinajstić information content (AvgIpc) is 2.47. The number of aryl methyl sites for hydroxylation is 1. The fourth-order valence-electron chi connectivity index (χ4n) is 1.90. The summed E-state index contributed by atoms with van der Waals surface area (Å²) in [6, 6.07) is 0. The van der Waals surface area contributed by atoms with Crippen LogP contribution in [-0.2, 0) is 13.5 Å². The van der Waals surface area contributed by atoms with Crippen LogP contribution in [0.5, 0.6) is 0 Å². The van der Waals surface area contributed by atoms with Gasteiger partial charge in [0.25, 0.3) is 0 Å². The first-order chi connectivity index (χ1) is 6.75. The molecule has 0 aliphatic carbocycles. The number of piperidine rings is 1. The second-order valence-electron chi connectivity index (χ2n) is 3.82. The van der Waals surface area contributed by atoms with Crippen molar-refractivity contribution in [3.8, 4) is 0 Å². The zero-order valence-electron chi connectivity index (χ0n) is 8.33. The van der Waals surface area contributed by atoms with E-state index in [1.807, 2.05) is 11.7 Å². The summed E-state index contributed by atoms with van der Waals surface area (Å²) in [4.78, 5) is 4.35. The van der Waals surface area contributed by atoms with E-state index in [-0.39, 0.29) is 0 Å². The van der Waals surface area contributed by atoms with Crippen LogP contribution in [0.1, 0.15) is 18.7 Å². The van der Waals surface area contributed by atoms with Gasteiger partial charge in [-0.25, -0.2) is 4.98 Å². The van der Waals surface area contributed by atoms with Gasteiger partial charge in [0.2, 0.25) is 4.73 Å². The van der Waals surface area contributed by atoms with Gasteiger partial charge in [0.15, 0.2) is 0 Å². The van der Waals surface area contributed by atoms with Crippen LogP contribution in [0.25, 0.3) is 0 Å². The Balaban J connectivity index is 1.98. The molecule has 0 atom stereocenters. The van der Waals surface area contributed by atoms with Crippen molar-refractivity contribution in [3.05, 3.63) is 10.6 Å². The first kappa shape index (κ1) is 10.1. The summed E-state index contributed by atoms with van der Waals surface area (Å²) >= 11 is 3.29. The van der Waals surface area contributed by atoms with Gasteiger partial charge in [-0.15, -0.1) is 5.10 Å². The topological polar surface area (TPSA) is 42.7 Å². The molecule has 1 N–H and O–H groups in total. The molecule has 0 saturated carbocycles. The van der Waals surface area contributed by atoms with Gasteiger partial charge in [0.05, 0.1) is 0 Å². The van der Waals surface area contributed by atoms with Crippen molar-refractivity contribution in [2.75, 3.05) is 13.1 Å². The van der Waals surface area contributed by atoms with E-state index in [1.165, 1.54) is 12.8 Å². The zero-order valence-corrected chi connectivity index (χ0v) is 9.92. The van der Waals surface area contributed by atoms with Crippen molar-refractivity contribution in [1.82, 2.24) is 20.1 Å². The summed E-state index contributed by atoms with van der Waals surface area (Å²) in [5.74, 6) is 1.86. The maximum Gasteiger partial charge on any atom is 0.217 e. The lowest BCUT2D eigenvalue weighted by atomic mass is 9.94. The quantitative estimate of drug-likeness (QED) is 0.865. The molecule has 0 bridgehead atoms. The van der Waals surface area contributed by atoms with Gasteiger partial charge < -0.3 is 5.32 Å². The predicted molar refractivity (Wildman–Crippen MR) is 58.0 cm³/mol. The number of hydrogen-bond donors (Lipinski definition) is 1. The highest BCUT2D eigenvalue weighted by Gasteiger charge is 2.16. The van der Waals surface area contributed by atoms with Gasteiger partial charge in [-0.1, -0.05) is 0 Å². The Morgan fingerprint density at radius 2 is 2.21 bits per heavy atom. The molecule has 1 saturated heterocycles. The standard InChI is InChI=1S/C9H15BrN4/c1-14-8(12-9(10)13-14)6-7-2-4-11-5-3-7/h7,11H,2-6H2,1H3. The van der Waals surface area contributed by atoms with Crippen molar-refractivity contribution in [3.63, 3.8) is 0 Å². The average molecular weight is 259 g/mol. The summed E-state index contributed by atoms with van der Waals surface area (Å²) in [7, 11) is 1.95. The SMILES string of the molecule is Cn1nc(Br)nc1CC1CCNCC1. The van der Waals surface area contributed by atoms with E-state index in [0.29, 0.717) is 4.73 Å². The lowest BCUT2D eigenvalue weighted by Crippen LogP contribution is -2.29. The van der Waals surface area contributed by atoms with Crippen LogP contribution in [0.3, 0.4) is 0 Å². The molecule has 1 aromatic heterocycles. The molecule has 0 aromatic carbocycles. The molecule has 0 spiro atoms. The summed E-state index contributed by atoms with van der Waals surface area (Å²) in [5.41, 5.74) is 0. The second-order valence-corrected chi connectivity index (χ2v) is 4.53. The van der Waals surface area contributed by atoms with E-state index in [9.17, 15) is 0 Å². The summed E-state index contributed by atoms with van der Waals surface area (Å²) in [6.07, 6.45) is 3.56. The van der Waals surface area contributed by atoms with Crippen molar-refractivity contribution in [2.45, 2.75) is 19.3 Å². The fraction of sp³-hybridized carbons (Fsp3) is 0.778. The Hall–Kier alpha value is -0.420. The van der Waals surface area contributed by atoms with Crippen LogP contribution in [0.2, 0.25) is 0 Å². The van der Waals surface area contributed by atoms with E-state index in [0.717, 1.165) is 31.3 Å². The Labute approximate surface area is 92.2 Å². The van der Waals surface area contributed by atoms with E-state index < -0.39 is 0 Å². The highest BCUT2D eigenvalue weighted by molar-refractivity contribution is 9.10. The van der Waals surface area contributed by atoms with Crippen LogP contribution in [0.4, 0.5) is 0 Å². The second kappa shape index (κ2) is 4.40. The Bertz CT molecular complexity index is 304. The number of nitrogens with one attached hydrogen (secondary N) is 1. The first-order valence-corrected chi connectivity index (χ1v) is 5.81. The van der Waals surface area contributed by atoms with Crippen LogP contribution in [0.15, 0.2) is 4.73 Å². The fourth-order valence-corrected chi connectivity index (χ4v) is 2.35. The highest BCUT2D eigenvalue weighted by atomic mass is 79.9. The molecule has 4 nitrogen and oxygen atoms in total. The molecule has 14 heavy (non-hydrogen) atoms. The van der Waals surface area contributed by atoms with E-state index >= 15 is 0 Å². The monoisotopic (exact) mass is 258 g/mol. The molecular formula is C9H15BrN4. The van der Waals surface area contributed by atoms with Gasteiger partial charge >= 0.3 is 0 Å². The van der Waals surface area contributed by atoms with Gasteiger partial charge in [0, 0.05) is 13.5 Å². The molecule has 0 radical (unpaired) electrons. The summed E-state index contributed by atoms with van der Waals surface area (Å²) in [5, 5.41) is 7.55. The van der Waals surface area contributed by atoms with Crippen LogP contribution >= 0.6 is 15.9 Å². The molecule has 2 heterocycles. The number of nitrogens with zero attached hydrogens (tertiary/aromatic N) is 3. The van der Waals surface area contributed by atoms with Gasteiger partial charge in [0.1, 0.15) is 5.82 Å². The Morgan fingerprint density at radius 1 is 1.50 bits per heavy atom. The van der Waals surface area contributed by atoms with Crippen molar-refractivity contribution >= 4 is 15.9 Å². The smallest absolute Gasteiger partial charge is 0.217 e. The third kappa shape index (κ3) is 2.33. The van der Waals surface area contributed by atoms with Crippen molar-refractivity contribution < 1.29 is 0 Å². The Morgan fingerprint density at radius 3 is 2.79 bits per heavy atom. The molecule has 78 valence electrons. The lowest BCUT2D eigenvalue weighted by Gasteiger charge is -2.21. The third-order valence-electron chi connectivity index (χ3n) is 2.76. The minimum absolute atomic E-state index is 0.698. The minimum atomic E-state index is 0.698. The molecule has 1 aliphatic heterocycles. The van der Waals surface area contributed by atoms with Crippen LogP contribution < -0.4 is 5.32 Å². The van der Waals surface area contributed by atoms with E-state index in [4.69, 9.17) is 0 Å². The predicted octanol–water partition coefficient (Wildman–Crippen LogP) is 1.12. The van der Waals surface area contributed by atoms with E-state index in [1.54, 1.807) is 0 Å². The Kier molecular flexibility index (Phi) is 3.18. The summed E-state index contributed by atoms with van der Waals surface area (Å²) in [6.45, 7) is 2.29. The van der Waals surface area contributed by atoms with Gasteiger partial charge in [-0.2, -0.15) is 0 Å². The molecule has 1 aliphatic rings. The third-order valence-corrected chi connectivity index (χ3v) is 3.09. The molecule has 0 unspecified atom stereocenters. The molecule has 5 heteroatoms. The van der Waals surface area contributed by atoms with Crippen molar-refractivity contribution in [1.29, 1.82) is 0 Å². The van der Waals surface area contributed by atoms with Crippen molar-refractivity contribution in [2.24, 2.45) is 13.0 Å². The highest BCUT2D eigenvalue weighted by Crippen LogP contribution is 2.17. The molecule has 0 amide bonds. The van der Waals surface area contributed by atoms with Crippen LogP contribution in [-0.4, -0.2) is 27.9 Å².